The highest BCUT2D eigenvalue weighted by molar-refractivity contribution is 7.89. The molecule has 0 unspecified atom stereocenters. The highest BCUT2D eigenvalue weighted by Gasteiger charge is 2.29. The van der Waals surface area contributed by atoms with Gasteiger partial charge in [0.15, 0.2) is 0 Å². The monoisotopic (exact) mass is 278 g/mol. The predicted octanol–water partition coefficient (Wildman–Crippen LogP) is 2.37. The van der Waals surface area contributed by atoms with E-state index in [0.717, 1.165) is 12.8 Å². The van der Waals surface area contributed by atoms with Gasteiger partial charge in [0, 0.05) is 13.1 Å². The van der Waals surface area contributed by atoms with E-state index < -0.39 is 10.0 Å². The quantitative estimate of drug-likeness (QED) is 0.830. The normalized spacial score (nSPS) is 16.1. The largest absolute Gasteiger partial charge is 0.244 e. The molecule has 4 nitrogen and oxygen atoms in total. The molecule has 1 aliphatic rings. The molecule has 102 valence electrons. The van der Waals surface area contributed by atoms with Crippen LogP contribution in [0.3, 0.4) is 0 Å². The van der Waals surface area contributed by atoms with E-state index in [1.807, 2.05) is 13.0 Å². The molecule has 2 rings (SSSR count). The van der Waals surface area contributed by atoms with Crippen LogP contribution in [0.1, 0.15) is 31.7 Å². The van der Waals surface area contributed by atoms with Crippen LogP contribution in [0, 0.1) is 17.2 Å². The Hall–Kier alpha value is -1.38. The van der Waals surface area contributed by atoms with E-state index in [4.69, 9.17) is 5.26 Å². The number of rotatable bonds is 5. The van der Waals surface area contributed by atoms with Crippen molar-refractivity contribution < 1.29 is 8.42 Å². The second kappa shape index (κ2) is 5.72. The zero-order valence-corrected chi connectivity index (χ0v) is 11.9. The molecule has 0 saturated heterocycles. The standard InChI is InChI=1S/C14H18N2O2S/c1-2-16(11-12-6-5-7-12)19(17,18)14-9-4-3-8-13(14)10-15/h3-4,8-9,12H,2,5-7,11H2,1H3. The molecular formula is C14H18N2O2S. The van der Waals surface area contributed by atoms with Crippen LogP contribution in [-0.2, 0) is 10.0 Å². The first-order valence-electron chi connectivity index (χ1n) is 6.59. The molecule has 0 spiro atoms. The van der Waals surface area contributed by atoms with Crippen LogP contribution in [0.15, 0.2) is 29.2 Å². The van der Waals surface area contributed by atoms with Gasteiger partial charge in [0.25, 0.3) is 0 Å². The zero-order valence-electron chi connectivity index (χ0n) is 11.0. The van der Waals surface area contributed by atoms with E-state index in [1.54, 1.807) is 18.2 Å². The maximum Gasteiger partial charge on any atom is 0.244 e. The van der Waals surface area contributed by atoms with Crippen molar-refractivity contribution >= 4 is 10.0 Å². The van der Waals surface area contributed by atoms with E-state index in [2.05, 4.69) is 0 Å². The highest BCUT2D eigenvalue weighted by atomic mass is 32.2. The third-order valence-electron chi connectivity index (χ3n) is 3.66. The number of hydrogen-bond donors (Lipinski definition) is 0. The summed E-state index contributed by atoms with van der Waals surface area (Å²) in [6.07, 6.45) is 3.40. The van der Waals surface area contributed by atoms with Crippen molar-refractivity contribution in [1.82, 2.24) is 4.31 Å². The van der Waals surface area contributed by atoms with Gasteiger partial charge in [0.05, 0.1) is 10.5 Å². The second-order valence-corrected chi connectivity index (χ2v) is 6.77. The Morgan fingerprint density at radius 3 is 2.58 bits per heavy atom. The zero-order chi connectivity index (χ0) is 13.9. The predicted molar refractivity (Wildman–Crippen MR) is 72.9 cm³/mol. The molecular weight excluding hydrogens is 260 g/mol. The number of hydrogen-bond acceptors (Lipinski definition) is 3. The van der Waals surface area contributed by atoms with Crippen molar-refractivity contribution in [2.24, 2.45) is 5.92 Å². The van der Waals surface area contributed by atoms with E-state index in [0.29, 0.717) is 19.0 Å². The average Bonchev–Trinajstić information content (AvgIpc) is 2.37. The fourth-order valence-corrected chi connectivity index (χ4v) is 3.95. The van der Waals surface area contributed by atoms with Crippen molar-refractivity contribution in [1.29, 1.82) is 5.26 Å². The highest BCUT2D eigenvalue weighted by Crippen LogP contribution is 2.29. The summed E-state index contributed by atoms with van der Waals surface area (Å²) < 4.78 is 26.7. The Morgan fingerprint density at radius 1 is 1.37 bits per heavy atom. The molecule has 0 aliphatic heterocycles. The van der Waals surface area contributed by atoms with Crippen molar-refractivity contribution in [3.8, 4) is 6.07 Å². The maximum absolute atomic E-state index is 12.6. The first kappa shape index (κ1) is 14.0. The fraction of sp³-hybridized carbons (Fsp3) is 0.500. The van der Waals surface area contributed by atoms with Gasteiger partial charge in [-0.25, -0.2) is 8.42 Å². The third kappa shape index (κ3) is 2.80. The summed E-state index contributed by atoms with van der Waals surface area (Å²) in [6, 6.07) is 8.35. The van der Waals surface area contributed by atoms with Crippen molar-refractivity contribution in [3.05, 3.63) is 29.8 Å². The Balaban J connectivity index is 2.31. The van der Waals surface area contributed by atoms with Crippen molar-refractivity contribution in [2.75, 3.05) is 13.1 Å². The number of nitriles is 1. The van der Waals surface area contributed by atoms with Crippen LogP contribution in [0.2, 0.25) is 0 Å². The first-order valence-corrected chi connectivity index (χ1v) is 8.03. The molecule has 1 aromatic carbocycles. The first-order chi connectivity index (χ1) is 9.09. The summed E-state index contributed by atoms with van der Waals surface area (Å²) >= 11 is 0. The fourth-order valence-electron chi connectivity index (χ4n) is 2.28. The Bertz CT molecular complexity index is 586. The SMILES string of the molecule is CCN(CC1CCC1)S(=O)(=O)c1ccccc1C#N. The third-order valence-corrected chi connectivity index (χ3v) is 5.66. The van der Waals surface area contributed by atoms with Gasteiger partial charge in [-0.05, 0) is 30.9 Å². The molecule has 0 radical (unpaired) electrons. The lowest BCUT2D eigenvalue weighted by molar-refractivity contribution is 0.250. The molecule has 0 aromatic heterocycles. The molecule has 0 bridgehead atoms. The summed E-state index contributed by atoms with van der Waals surface area (Å²) in [4.78, 5) is 0.124. The molecule has 0 N–H and O–H groups in total. The van der Waals surface area contributed by atoms with Gasteiger partial charge >= 0.3 is 0 Å². The van der Waals surface area contributed by atoms with Gasteiger partial charge in [0.1, 0.15) is 6.07 Å². The maximum atomic E-state index is 12.6. The van der Waals surface area contributed by atoms with Crippen LogP contribution in [-0.4, -0.2) is 25.8 Å². The van der Waals surface area contributed by atoms with Crippen LogP contribution in [0.4, 0.5) is 0 Å². The van der Waals surface area contributed by atoms with Gasteiger partial charge in [-0.2, -0.15) is 9.57 Å². The summed E-state index contributed by atoms with van der Waals surface area (Å²) in [5.74, 6) is 0.476. The number of sulfonamides is 1. The minimum Gasteiger partial charge on any atom is -0.207 e. The van der Waals surface area contributed by atoms with E-state index >= 15 is 0 Å². The molecule has 1 aliphatic carbocycles. The molecule has 1 aromatic rings. The van der Waals surface area contributed by atoms with Gasteiger partial charge < -0.3 is 0 Å². The molecule has 0 amide bonds. The van der Waals surface area contributed by atoms with Gasteiger partial charge in [-0.3, -0.25) is 0 Å². The molecule has 0 heterocycles. The lowest BCUT2D eigenvalue weighted by atomic mass is 9.85. The lowest BCUT2D eigenvalue weighted by Gasteiger charge is -2.31. The summed E-state index contributed by atoms with van der Waals surface area (Å²) in [6.45, 7) is 2.85. The Kier molecular flexibility index (Phi) is 4.23. The topological polar surface area (TPSA) is 61.2 Å². The Labute approximate surface area is 114 Å². The Morgan fingerprint density at radius 2 is 2.05 bits per heavy atom. The summed E-state index contributed by atoms with van der Waals surface area (Å²) in [5, 5.41) is 9.04. The van der Waals surface area contributed by atoms with Crippen LogP contribution >= 0.6 is 0 Å². The summed E-state index contributed by atoms with van der Waals surface area (Å²) in [5.41, 5.74) is 0.217. The van der Waals surface area contributed by atoms with E-state index in [-0.39, 0.29) is 10.5 Å². The minimum atomic E-state index is -3.55. The van der Waals surface area contributed by atoms with Gasteiger partial charge in [-0.15, -0.1) is 0 Å². The lowest BCUT2D eigenvalue weighted by Crippen LogP contribution is -2.37. The van der Waals surface area contributed by atoms with Crippen LogP contribution < -0.4 is 0 Å². The molecule has 19 heavy (non-hydrogen) atoms. The van der Waals surface area contributed by atoms with Crippen molar-refractivity contribution in [2.45, 2.75) is 31.1 Å². The van der Waals surface area contributed by atoms with E-state index in [9.17, 15) is 8.42 Å². The smallest absolute Gasteiger partial charge is 0.207 e. The van der Waals surface area contributed by atoms with Gasteiger partial charge in [-0.1, -0.05) is 25.5 Å². The van der Waals surface area contributed by atoms with Gasteiger partial charge in [0.2, 0.25) is 10.0 Å². The van der Waals surface area contributed by atoms with Crippen molar-refractivity contribution in [3.63, 3.8) is 0 Å². The van der Waals surface area contributed by atoms with Crippen LogP contribution in [0.25, 0.3) is 0 Å². The number of benzene rings is 1. The molecule has 1 saturated carbocycles. The van der Waals surface area contributed by atoms with E-state index in [1.165, 1.54) is 16.8 Å². The molecule has 5 heteroatoms. The second-order valence-electron chi connectivity index (χ2n) is 4.86. The molecule has 1 fully saturated rings. The summed E-state index contributed by atoms with van der Waals surface area (Å²) in [7, 11) is -3.55. The molecule has 0 atom stereocenters. The number of nitrogens with zero attached hydrogens (tertiary/aromatic N) is 2. The average molecular weight is 278 g/mol. The van der Waals surface area contributed by atoms with Crippen LogP contribution in [0.5, 0.6) is 0 Å². The minimum absolute atomic E-state index is 0.124.